The maximum Gasteiger partial charge on any atom is 2.00 e. The van der Waals surface area contributed by atoms with Gasteiger partial charge in [0.1, 0.15) is 0 Å². The minimum atomic E-state index is -1.75. The predicted molar refractivity (Wildman–Crippen MR) is 128 cm³/mol. The fraction of sp³-hybridized carbons (Fsp3) is 0.481. The van der Waals surface area contributed by atoms with Crippen LogP contribution in [0.1, 0.15) is 112 Å². The molecule has 0 spiro atoms. The molecule has 0 fully saturated rings. The standard InChI is InChI=1S/C27H38N2O2.2ClH.Ti/c1-15(2)19-11-9-12-20(16(3)4)23(19)27(25(28)30,26(29)31)24-21(17(5)6)13-10-14-22(24)18(7)8;;;/h9-18H,1-8H3,(H2,28,30)(H2,29,31);2*1H;/q;;;+2/p-2. The number of hydrogen-bond donors (Lipinski definition) is 2. The zero-order valence-electron chi connectivity index (χ0n) is 21.5. The van der Waals surface area contributed by atoms with Crippen LogP contribution in [0.3, 0.4) is 0 Å². The van der Waals surface area contributed by atoms with Gasteiger partial charge in [0.05, 0.1) is 0 Å². The first-order chi connectivity index (χ1) is 14.4. The van der Waals surface area contributed by atoms with Gasteiger partial charge in [-0.25, -0.2) is 0 Å². The normalized spacial score (nSPS) is 11.2. The quantitative estimate of drug-likeness (QED) is 0.347. The van der Waals surface area contributed by atoms with Crippen molar-refractivity contribution in [3.8, 4) is 0 Å². The van der Waals surface area contributed by atoms with Crippen LogP contribution in [-0.2, 0) is 36.7 Å². The number of nitrogens with two attached hydrogens (primary N) is 2. The van der Waals surface area contributed by atoms with E-state index in [1.807, 2.05) is 36.4 Å². The van der Waals surface area contributed by atoms with Crippen LogP contribution in [0.15, 0.2) is 36.4 Å². The van der Waals surface area contributed by atoms with Gasteiger partial charge in [-0.1, -0.05) is 91.8 Å². The van der Waals surface area contributed by atoms with Crippen LogP contribution in [0.2, 0.25) is 0 Å². The monoisotopic (exact) mass is 540 g/mol. The summed E-state index contributed by atoms with van der Waals surface area (Å²) in [4.78, 5) is 27.0. The Kier molecular flexibility index (Phi) is 14.0. The molecule has 0 heterocycles. The van der Waals surface area contributed by atoms with Crippen LogP contribution in [0, 0.1) is 0 Å². The second-order valence-corrected chi connectivity index (χ2v) is 9.72. The van der Waals surface area contributed by atoms with Crippen molar-refractivity contribution in [2.24, 2.45) is 11.5 Å². The van der Waals surface area contributed by atoms with Crippen molar-refractivity contribution in [3.63, 3.8) is 0 Å². The molecule has 2 aromatic carbocycles. The van der Waals surface area contributed by atoms with Gasteiger partial charge in [-0.05, 0) is 57.1 Å². The van der Waals surface area contributed by atoms with Crippen molar-refractivity contribution >= 4 is 11.8 Å². The molecule has 2 aromatic rings. The molecular weight excluding hydrogens is 503 g/mol. The molecule has 0 unspecified atom stereocenters. The average Bonchev–Trinajstić information content (AvgIpc) is 2.67. The first-order valence-electron chi connectivity index (χ1n) is 11.2. The van der Waals surface area contributed by atoms with E-state index in [4.69, 9.17) is 11.5 Å². The Morgan fingerprint density at radius 2 is 0.794 bits per heavy atom. The SMILES string of the molecule is CC(C)c1cccc(C(C)C)c1C(C(N)=O)(C(N)=O)c1c(C(C)C)cccc1C(C)C.[Cl-].[Cl-].[Ti+2]. The van der Waals surface area contributed by atoms with Gasteiger partial charge in [0.25, 0.3) is 0 Å². The smallest absolute Gasteiger partial charge is 1.00 e. The molecule has 4 N–H and O–H groups in total. The molecule has 2 rings (SSSR count). The first kappa shape index (κ1) is 34.8. The van der Waals surface area contributed by atoms with Crippen LogP contribution in [0.4, 0.5) is 0 Å². The summed E-state index contributed by atoms with van der Waals surface area (Å²) in [5, 5.41) is 0. The number of carbonyl (C=O) groups excluding carboxylic acids is 2. The van der Waals surface area contributed by atoms with Gasteiger partial charge in [-0.3, -0.25) is 9.59 Å². The summed E-state index contributed by atoms with van der Waals surface area (Å²) in [6.07, 6.45) is 0. The fourth-order valence-corrected chi connectivity index (χ4v) is 4.71. The minimum absolute atomic E-state index is 0. The van der Waals surface area contributed by atoms with Gasteiger partial charge < -0.3 is 36.3 Å². The van der Waals surface area contributed by atoms with E-state index in [1.165, 1.54) is 0 Å². The molecule has 0 bridgehead atoms. The van der Waals surface area contributed by atoms with Crippen LogP contribution in [0.5, 0.6) is 0 Å². The van der Waals surface area contributed by atoms with Gasteiger partial charge in [-0.2, -0.15) is 0 Å². The molecule has 0 aliphatic carbocycles. The third-order valence-corrected chi connectivity index (χ3v) is 6.24. The van der Waals surface area contributed by atoms with E-state index in [1.54, 1.807) is 0 Å². The second-order valence-electron chi connectivity index (χ2n) is 9.72. The molecule has 0 aliphatic heterocycles. The summed E-state index contributed by atoms with van der Waals surface area (Å²) in [7, 11) is 0. The van der Waals surface area contributed by atoms with E-state index in [9.17, 15) is 9.59 Å². The van der Waals surface area contributed by atoms with E-state index in [-0.39, 0.29) is 70.2 Å². The van der Waals surface area contributed by atoms with Gasteiger partial charge in [0, 0.05) is 0 Å². The van der Waals surface area contributed by atoms with Crippen molar-refractivity contribution in [1.29, 1.82) is 0 Å². The topological polar surface area (TPSA) is 86.2 Å². The summed E-state index contributed by atoms with van der Waals surface area (Å²) in [6.45, 7) is 16.5. The Labute approximate surface area is 232 Å². The molecule has 0 saturated carbocycles. The largest absolute Gasteiger partial charge is 2.00 e. The Hall–Kier alpha value is -1.33. The molecule has 0 aromatic heterocycles. The zero-order chi connectivity index (χ0) is 23.7. The third kappa shape index (κ3) is 6.08. The van der Waals surface area contributed by atoms with Crippen LogP contribution < -0.4 is 36.3 Å². The molecule has 186 valence electrons. The van der Waals surface area contributed by atoms with Crippen molar-refractivity contribution < 1.29 is 56.1 Å². The minimum Gasteiger partial charge on any atom is -1.00 e. The summed E-state index contributed by atoms with van der Waals surface area (Å²) in [5.74, 6) is -1.10. The van der Waals surface area contributed by atoms with Gasteiger partial charge in [0.15, 0.2) is 5.41 Å². The van der Waals surface area contributed by atoms with E-state index >= 15 is 0 Å². The molecule has 34 heavy (non-hydrogen) atoms. The number of rotatable bonds is 8. The summed E-state index contributed by atoms with van der Waals surface area (Å²) >= 11 is 0. The number of hydrogen-bond acceptors (Lipinski definition) is 2. The summed E-state index contributed by atoms with van der Waals surface area (Å²) in [6, 6.07) is 11.9. The molecule has 2 amide bonds. The maximum absolute atomic E-state index is 13.5. The number of halogens is 2. The molecule has 0 atom stereocenters. The van der Waals surface area contributed by atoms with Crippen LogP contribution >= 0.6 is 0 Å². The number of amides is 2. The Bertz CT molecular complexity index is 857. The summed E-state index contributed by atoms with van der Waals surface area (Å²) in [5.41, 5.74) is 15.6. The van der Waals surface area contributed by atoms with Gasteiger partial charge >= 0.3 is 21.7 Å². The molecule has 7 heteroatoms. The average molecular weight is 541 g/mol. The van der Waals surface area contributed by atoms with E-state index < -0.39 is 17.2 Å². The summed E-state index contributed by atoms with van der Waals surface area (Å²) < 4.78 is 0. The predicted octanol–water partition coefficient (Wildman–Crippen LogP) is -0.558. The van der Waals surface area contributed by atoms with Gasteiger partial charge in [-0.15, -0.1) is 0 Å². The molecule has 0 aliphatic rings. The van der Waals surface area contributed by atoms with E-state index in [2.05, 4.69) is 55.4 Å². The second kappa shape index (κ2) is 13.7. The molecular formula is C27H38Cl2N2O2Ti. The van der Waals surface area contributed by atoms with E-state index in [0.717, 1.165) is 22.3 Å². The fourth-order valence-electron chi connectivity index (χ4n) is 4.71. The van der Waals surface area contributed by atoms with Gasteiger partial charge in [0.2, 0.25) is 11.8 Å². The zero-order valence-corrected chi connectivity index (χ0v) is 24.6. The van der Waals surface area contributed by atoms with Crippen molar-refractivity contribution in [1.82, 2.24) is 0 Å². The molecule has 0 saturated heterocycles. The number of carbonyl (C=O) groups is 2. The van der Waals surface area contributed by atoms with Crippen molar-refractivity contribution in [2.45, 2.75) is 84.5 Å². The third-order valence-electron chi connectivity index (χ3n) is 6.24. The van der Waals surface area contributed by atoms with Crippen LogP contribution in [0.25, 0.3) is 0 Å². The molecule has 4 nitrogen and oxygen atoms in total. The van der Waals surface area contributed by atoms with Crippen molar-refractivity contribution in [3.05, 3.63) is 69.8 Å². The first-order valence-corrected chi connectivity index (χ1v) is 11.2. The number of benzene rings is 2. The Morgan fingerprint density at radius 3 is 0.941 bits per heavy atom. The number of primary amides is 2. The maximum atomic E-state index is 13.5. The van der Waals surface area contributed by atoms with Crippen LogP contribution in [-0.4, -0.2) is 11.8 Å². The van der Waals surface area contributed by atoms with E-state index in [0.29, 0.717) is 11.1 Å². The Morgan fingerprint density at radius 1 is 0.588 bits per heavy atom. The Balaban J connectivity index is 0. The molecule has 0 radical (unpaired) electrons. The van der Waals surface area contributed by atoms with Crippen molar-refractivity contribution in [2.75, 3.05) is 0 Å².